The van der Waals surface area contributed by atoms with E-state index in [4.69, 9.17) is 0 Å². The average Bonchev–Trinajstić information content (AvgIpc) is 2.79. The fraction of sp³-hybridized carbons (Fsp3) is 0. The van der Waals surface area contributed by atoms with Gasteiger partial charge in [0.1, 0.15) is 4.91 Å². The van der Waals surface area contributed by atoms with Crippen LogP contribution in [0.4, 0.5) is 11.4 Å². The van der Waals surface area contributed by atoms with Crippen LogP contribution in [-0.2, 0) is 29.3 Å². The lowest BCUT2D eigenvalue weighted by molar-refractivity contribution is -0.385. The van der Waals surface area contributed by atoms with Crippen LogP contribution in [0.5, 0.6) is 0 Å². The van der Waals surface area contributed by atoms with Crippen molar-refractivity contribution in [1.29, 1.82) is 0 Å². The predicted octanol–water partition coefficient (Wildman–Crippen LogP) is 0.679. The molecule has 3 rings (SSSR count). The third-order valence-electron chi connectivity index (χ3n) is 4.41. The molecule has 2 aromatic carbocycles. The minimum atomic E-state index is -5.01. The minimum Gasteiger partial charge on any atom is -0.306 e. The molecule has 0 bridgehead atoms. The molecule has 1 amide bonds. The van der Waals surface area contributed by atoms with Crippen LogP contribution in [0.25, 0.3) is 0 Å². The van der Waals surface area contributed by atoms with Crippen LogP contribution in [0.2, 0.25) is 0 Å². The molecule has 0 atom stereocenters. The standard InChI is InChI=1S/C18H12N4O10S2/c23-16-17(34(31,32)14-7-3-12(4-8-14)22(27)28)15(9-10-19-20-18(16)24)33(29,30)13-5-1-11(2-6-13)21(25)26/h1-10,19H,(H,20,24). The molecular formula is C18H12N4O10S2. The molecule has 0 aromatic heterocycles. The zero-order chi connectivity index (χ0) is 25.3. The molecule has 0 unspecified atom stereocenters. The molecule has 0 aliphatic carbocycles. The van der Waals surface area contributed by atoms with Crippen LogP contribution in [0.3, 0.4) is 0 Å². The molecule has 176 valence electrons. The molecule has 34 heavy (non-hydrogen) atoms. The number of nitrogens with one attached hydrogen (secondary N) is 2. The van der Waals surface area contributed by atoms with Crippen molar-refractivity contribution in [3.63, 3.8) is 0 Å². The molecule has 1 aliphatic rings. The Morgan fingerprint density at radius 3 is 1.59 bits per heavy atom. The number of carbonyl (C=O) groups is 2. The number of ketones is 1. The molecule has 0 saturated carbocycles. The van der Waals surface area contributed by atoms with Gasteiger partial charge < -0.3 is 5.43 Å². The maximum atomic E-state index is 13.3. The van der Waals surface area contributed by atoms with Crippen molar-refractivity contribution >= 4 is 42.7 Å². The van der Waals surface area contributed by atoms with E-state index in [1.165, 1.54) is 0 Å². The van der Waals surface area contributed by atoms with E-state index in [2.05, 4.69) is 5.43 Å². The van der Waals surface area contributed by atoms with Gasteiger partial charge >= 0.3 is 5.91 Å². The molecule has 0 spiro atoms. The average molecular weight is 508 g/mol. The number of carbonyl (C=O) groups excluding carboxylic acids is 2. The molecule has 1 heterocycles. The normalized spacial score (nSPS) is 14.6. The van der Waals surface area contributed by atoms with Crippen molar-refractivity contribution in [3.05, 3.63) is 90.8 Å². The zero-order valence-corrected chi connectivity index (χ0v) is 18.2. The Morgan fingerprint density at radius 1 is 0.706 bits per heavy atom. The summed E-state index contributed by atoms with van der Waals surface area (Å²) in [6.45, 7) is 0. The van der Waals surface area contributed by atoms with Crippen molar-refractivity contribution < 1.29 is 36.3 Å². The van der Waals surface area contributed by atoms with Gasteiger partial charge in [-0.15, -0.1) is 0 Å². The van der Waals surface area contributed by atoms with E-state index in [0.29, 0.717) is 6.08 Å². The number of hydrogen-bond donors (Lipinski definition) is 2. The summed E-state index contributed by atoms with van der Waals surface area (Å²) in [7, 11) is -9.83. The van der Waals surface area contributed by atoms with Crippen LogP contribution in [0.1, 0.15) is 0 Å². The number of benzene rings is 2. The van der Waals surface area contributed by atoms with Gasteiger partial charge in [0.25, 0.3) is 17.2 Å². The molecule has 0 fully saturated rings. The summed E-state index contributed by atoms with van der Waals surface area (Å²) in [5.41, 5.74) is 3.06. The number of allylic oxidation sites excluding steroid dienone is 1. The largest absolute Gasteiger partial charge is 0.311 e. The molecule has 14 nitrogen and oxygen atoms in total. The number of hydrogen-bond acceptors (Lipinski definition) is 11. The first-order valence-corrected chi connectivity index (χ1v) is 11.8. The quantitative estimate of drug-likeness (QED) is 0.314. The SMILES string of the molecule is O=C1NNC=CC(S(=O)(=O)c2ccc([N+](=O)[O-])cc2)=C(S(=O)(=O)c2ccc([N+](=O)[O-])cc2)C1=O. The van der Waals surface area contributed by atoms with Gasteiger partial charge in [-0.2, -0.15) is 0 Å². The van der Waals surface area contributed by atoms with E-state index in [0.717, 1.165) is 54.7 Å². The second kappa shape index (κ2) is 8.83. The Bertz CT molecular complexity index is 1490. The molecule has 2 N–H and O–H groups in total. The van der Waals surface area contributed by atoms with Crippen LogP contribution >= 0.6 is 0 Å². The van der Waals surface area contributed by atoms with Crippen molar-refractivity contribution in [2.75, 3.05) is 0 Å². The van der Waals surface area contributed by atoms with Crippen LogP contribution in [0.15, 0.2) is 80.4 Å². The highest BCUT2D eigenvalue weighted by molar-refractivity contribution is 8.00. The number of amides is 1. The summed E-state index contributed by atoms with van der Waals surface area (Å²) in [6, 6.07) is 6.59. The van der Waals surface area contributed by atoms with Gasteiger partial charge in [0.15, 0.2) is 0 Å². The molecule has 1 aliphatic heterocycles. The van der Waals surface area contributed by atoms with Crippen molar-refractivity contribution in [2.24, 2.45) is 0 Å². The van der Waals surface area contributed by atoms with Gasteiger partial charge in [-0.1, -0.05) is 0 Å². The minimum absolute atomic E-state index is 0.447. The number of nitrogens with zero attached hydrogens (tertiary/aromatic N) is 2. The number of nitro benzene ring substituents is 2. The second-order valence-corrected chi connectivity index (χ2v) is 10.3. The summed E-state index contributed by atoms with van der Waals surface area (Å²) >= 11 is 0. The highest BCUT2D eigenvalue weighted by Gasteiger charge is 2.39. The lowest BCUT2D eigenvalue weighted by atomic mass is 10.3. The predicted molar refractivity (Wildman–Crippen MR) is 113 cm³/mol. The van der Waals surface area contributed by atoms with E-state index >= 15 is 0 Å². The smallest absolute Gasteiger partial charge is 0.306 e. The summed E-state index contributed by atoms with van der Waals surface area (Å²) in [5.74, 6) is -3.23. The number of Topliss-reactive ketones (excluding diaryl/α,β-unsaturated/α-hetero) is 1. The topological polar surface area (TPSA) is 213 Å². The van der Waals surface area contributed by atoms with Crippen LogP contribution < -0.4 is 10.9 Å². The number of rotatable bonds is 6. The summed E-state index contributed by atoms with van der Waals surface area (Å²) < 4.78 is 53.1. The van der Waals surface area contributed by atoms with E-state index in [1.54, 1.807) is 0 Å². The van der Waals surface area contributed by atoms with Crippen molar-refractivity contribution in [2.45, 2.75) is 9.79 Å². The summed E-state index contributed by atoms with van der Waals surface area (Å²) in [6.07, 6.45) is 1.57. The fourth-order valence-electron chi connectivity index (χ4n) is 2.78. The van der Waals surface area contributed by atoms with E-state index in [-0.39, 0.29) is 0 Å². The lowest BCUT2D eigenvalue weighted by Gasteiger charge is -2.16. The maximum Gasteiger partial charge on any atom is 0.311 e. The van der Waals surface area contributed by atoms with Gasteiger partial charge in [-0.05, 0) is 30.3 Å². The third kappa shape index (κ3) is 4.39. The summed E-state index contributed by atoms with van der Waals surface area (Å²) in [4.78, 5) is 41.2. The Morgan fingerprint density at radius 2 is 1.15 bits per heavy atom. The Hall–Kier alpha value is -4.44. The van der Waals surface area contributed by atoms with Gasteiger partial charge in [-0.3, -0.25) is 35.2 Å². The van der Waals surface area contributed by atoms with Crippen LogP contribution in [-0.4, -0.2) is 38.4 Å². The van der Waals surface area contributed by atoms with Crippen molar-refractivity contribution in [1.82, 2.24) is 10.9 Å². The van der Waals surface area contributed by atoms with Crippen LogP contribution in [0, 0.1) is 20.2 Å². The second-order valence-electron chi connectivity index (χ2n) is 6.46. The Kier molecular flexibility index (Phi) is 6.29. The molecule has 16 heteroatoms. The number of hydrazine groups is 1. The Labute approximate surface area is 190 Å². The molecule has 2 aromatic rings. The summed E-state index contributed by atoms with van der Waals surface area (Å²) in [5, 5.41) is 21.7. The highest BCUT2D eigenvalue weighted by Crippen LogP contribution is 2.32. The Balaban J connectivity index is 2.31. The first-order valence-electron chi connectivity index (χ1n) is 8.87. The van der Waals surface area contributed by atoms with E-state index in [9.17, 15) is 46.7 Å². The van der Waals surface area contributed by atoms with E-state index < -0.39 is 72.2 Å². The highest BCUT2D eigenvalue weighted by atomic mass is 32.2. The zero-order valence-electron chi connectivity index (χ0n) is 16.6. The monoisotopic (exact) mass is 508 g/mol. The lowest BCUT2D eigenvalue weighted by Crippen LogP contribution is -2.42. The molecular weight excluding hydrogens is 496 g/mol. The number of sulfone groups is 2. The van der Waals surface area contributed by atoms with Gasteiger partial charge in [0, 0.05) is 30.5 Å². The fourth-order valence-corrected chi connectivity index (χ4v) is 6.17. The molecule has 0 radical (unpaired) electrons. The first kappa shape index (κ1) is 24.2. The van der Waals surface area contributed by atoms with Gasteiger partial charge in [0.05, 0.1) is 24.5 Å². The van der Waals surface area contributed by atoms with Gasteiger partial charge in [-0.25, -0.2) is 16.8 Å². The van der Waals surface area contributed by atoms with E-state index in [1.807, 2.05) is 5.43 Å². The van der Waals surface area contributed by atoms with Gasteiger partial charge in [0.2, 0.25) is 19.7 Å². The maximum absolute atomic E-state index is 13.3. The number of nitro groups is 2. The first-order chi connectivity index (χ1) is 15.9. The van der Waals surface area contributed by atoms with Crippen molar-refractivity contribution in [3.8, 4) is 0 Å². The molecule has 0 saturated heterocycles. The number of non-ortho nitro benzene ring substituents is 2. The third-order valence-corrected chi connectivity index (χ3v) is 8.19.